The second kappa shape index (κ2) is 13.1. The van der Waals surface area contributed by atoms with Crippen molar-refractivity contribution in [2.24, 2.45) is 0 Å². The van der Waals surface area contributed by atoms with Crippen LogP contribution in [0.1, 0.15) is 86.8 Å². The van der Waals surface area contributed by atoms with Crippen LogP contribution in [0.2, 0.25) is 0 Å². The highest BCUT2D eigenvalue weighted by Gasteiger charge is 2.41. The Kier molecular flexibility index (Phi) is 9.00. The van der Waals surface area contributed by atoms with Crippen LogP contribution in [0, 0.1) is 0 Å². The van der Waals surface area contributed by atoms with Gasteiger partial charge in [0, 0.05) is 56.5 Å². The molecule has 230 valence electrons. The van der Waals surface area contributed by atoms with Crippen LogP contribution in [0.5, 0.6) is 0 Å². The fourth-order valence-electron chi connectivity index (χ4n) is 6.68. The fraction of sp³-hybridized carbons (Fsp3) is 0.412. The van der Waals surface area contributed by atoms with Crippen LogP contribution in [0.3, 0.4) is 0 Å². The van der Waals surface area contributed by atoms with Gasteiger partial charge in [0.15, 0.2) is 11.6 Å². The normalized spacial score (nSPS) is 22.0. The molecule has 0 aromatic carbocycles. The maximum atomic E-state index is 13.4. The summed E-state index contributed by atoms with van der Waals surface area (Å²) in [7, 11) is 0. The summed E-state index contributed by atoms with van der Waals surface area (Å²) in [6.07, 6.45) is 5.17. The Hall–Kier alpha value is -3.76. The Balaban J connectivity index is 1.06. The SMILES string of the molecule is CC1=C(C(=O)OCCCCOC(=O)C2=C(C)NC3=C(C(=O)CCC3)[C@@H]2c2cccs2)[C@@H](c2cccs2)C2=C(CCCC2=O)N1. The maximum Gasteiger partial charge on any atom is 0.336 e. The van der Waals surface area contributed by atoms with E-state index in [0.29, 0.717) is 48.0 Å². The fourth-order valence-corrected chi connectivity index (χ4v) is 8.36. The number of hydrogen-bond acceptors (Lipinski definition) is 10. The minimum atomic E-state index is -0.440. The molecule has 44 heavy (non-hydrogen) atoms. The zero-order chi connectivity index (χ0) is 30.8. The molecule has 8 nitrogen and oxygen atoms in total. The van der Waals surface area contributed by atoms with Crippen LogP contribution in [0.15, 0.2) is 80.1 Å². The average molecular weight is 633 g/mol. The Labute approximate surface area is 264 Å². The molecule has 0 saturated carbocycles. The van der Waals surface area contributed by atoms with Crippen molar-refractivity contribution in [1.29, 1.82) is 0 Å². The second-order valence-electron chi connectivity index (χ2n) is 11.5. The summed E-state index contributed by atoms with van der Waals surface area (Å²) >= 11 is 3.06. The van der Waals surface area contributed by atoms with Gasteiger partial charge in [-0.3, -0.25) is 9.59 Å². The lowest BCUT2D eigenvalue weighted by Gasteiger charge is -2.33. The number of dihydropyridines is 2. The molecule has 4 aliphatic rings. The number of ketones is 2. The van der Waals surface area contributed by atoms with Gasteiger partial charge in [0.05, 0.1) is 36.2 Å². The summed E-state index contributed by atoms with van der Waals surface area (Å²) in [5, 5.41) is 10.5. The summed E-state index contributed by atoms with van der Waals surface area (Å²) in [5.74, 6) is -1.56. The molecule has 2 aliphatic carbocycles. The van der Waals surface area contributed by atoms with Crippen molar-refractivity contribution in [2.45, 2.75) is 77.0 Å². The molecule has 2 atom stereocenters. The number of esters is 2. The van der Waals surface area contributed by atoms with Crippen molar-refractivity contribution < 1.29 is 28.7 Å². The zero-order valence-electron chi connectivity index (χ0n) is 25.0. The lowest BCUT2D eigenvalue weighted by molar-refractivity contribution is -0.142. The van der Waals surface area contributed by atoms with E-state index in [2.05, 4.69) is 10.6 Å². The predicted molar refractivity (Wildman–Crippen MR) is 169 cm³/mol. The first-order valence-electron chi connectivity index (χ1n) is 15.2. The van der Waals surface area contributed by atoms with E-state index in [9.17, 15) is 19.2 Å². The van der Waals surface area contributed by atoms with Crippen molar-refractivity contribution in [1.82, 2.24) is 10.6 Å². The van der Waals surface area contributed by atoms with Crippen LogP contribution in [-0.4, -0.2) is 36.7 Å². The van der Waals surface area contributed by atoms with E-state index < -0.39 is 23.8 Å². The molecular formula is C34H36N2O6S2. The Morgan fingerprint density at radius 1 is 0.727 bits per heavy atom. The van der Waals surface area contributed by atoms with Gasteiger partial charge in [-0.05, 0) is 75.3 Å². The van der Waals surface area contributed by atoms with Crippen LogP contribution in [-0.2, 0) is 28.7 Å². The van der Waals surface area contributed by atoms with E-state index in [1.165, 1.54) is 22.7 Å². The monoisotopic (exact) mass is 632 g/mol. The number of carbonyl (C=O) groups excluding carboxylic acids is 4. The van der Waals surface area contributed by atoms with Gasteiger partial charge in [-0.2, -0.15) is 0 Å². The van der Waals surface area contributed by atoms with Gasteiger partial charge in [0.25, 0.3) is 0 Å². The Morgan fingerprint density at radius 3 is 1.55 bits per heavy atom. The van der Waals surface area contributed by atoms with Crippen molar-refractivity contribution in [2.75, 3.05) is 13.2 Å². The lowest BCUT2D eigenvalue weighted by Crippen LogP contribution is -2.34. The van der Waals surface area contributed by atoms with E-state index >= 15 is 0 Å². The minimum Gasteiger partial charge on any atom is -0.462 e. The van der Waals surface area contributed by atoms with Gasteiger partial charge >= 0.3 is 11.9 Å². The van der Waals surface area contributed by atoms with Gasteiger partial charge in [-0.1, -0.05) is 12.1 Å². The van der Waals surface area contributed by atoms with E-state index in [1.807, 2.05) is 48.9 Å². The zero-order valence-corrected chi connectivity index (χ0v) is 26.6. The standard InChI is InChI=1S/C34H36N2O6S2/c1-19-27(31(25-13-7-17-43-25)29-21(35-19)9-5-11-23(29)37)33(39)41-15-3-4-16-42-34(40)28-20(2)36-22-10-6-12-24(38)30(22)32(28)26-14-8-18-44-26/h7-8,13-14,17-18,31-32,35-36H,3-6,9-12,15-16H2,1-2H3/t31-,32-/m1/s1. The third kappa shape index (κ3) is 5.85. The number of allylic oxidation sites excluding steroid dienone is 6. The number of thiophene rings is 2. The van der Waals surface area contributed by atoms with E-state index in [1.54, 1.807) is 0 Å². The molecule has 0 bridgehead atoms. The van der Waals surface area contributed by atoms with Crippen LogP contribution in [0.25, 0.3) is 0 Å². The molecule has 2 aromatic heterocycles. The smallest absolute Gasteiger partial charge is 0.336 e. The van der Waals surface area contributed by atoms with Gasteiger partial charge in [0.1, 0.15) is 0 Å². The number of carbonyl (C=O) groups is 4. The first-order valence-corrected chi connectivity index (χ1v) is 17.0. The minimum absolute atomic E-state index is 0.0805. The Morgan fingerprint density at radius 2 is 1.16 bits per heavy atom. The van der Waals surface area contributed by atoms with Crippen LogP contribution < -0.4 is 10.6 Å². The molecule has 6 rings (SSSR count). The average Bonchev–Trinajstić information content (AvgIpc) is 3.73. The molecule has 0 unspecified atom stereocenters. The summed E-state index contributed by atoms with van der Waals surface area (Å²) < 4.78 is 11.4. The largest absolute Gasteiger partial charge is 0.462 e. The van der Waals surface area contributed by atoms with E-state index in [4.69, 9.17) is 9.47 Å². The van der Waals surface area contributed by atoms with Gasteiger partial charge in [-0.15, -0.1) is 22.7 Å². The number of Topliss-reactive ketones (excluding diaryl/α,β-unsaturated/α-hetero) is 2. The van der Waals surface area contributed by atoms with Crippen LogP contribution >= 0.6 is 22.7 Å². The number of ether oxygens (including phenoxy) is 2. The van der Waals surface area contributed by atoms with Gasteiger partial charge in [-0.25, -0.2) is 9.59 Å². The first-order chi connectivity index (χ1) is 21.3. The number of rotatable bonds is 9. The first kappa shape index (κ1) is 30.3. The molecule has 0 spiro atoms. The van der Waals surface area contributed by atoms with Crippen molar-refractivity contribution in [3.8, 4) is 0 Å². The third-order valence-electron chi connectivity index (χ3n) is 8.65. The summed E-state index contributed by atoms with van der Waals surface area (Å²) in [6.45, 7) is 4.05. The van der Waals surface area contributed by atoms with Crippen molar-refractivity contribution >= 4 is 46.2 Å². The molecule has 0 saturated heterocycles. The highest BCUT2D eigenvalue weighted by atomic mass is 32.1. The molecule has 4 heterocycles. The summed E-state index contributed by atoms with van der Waals surface area (Å²) in [6, 6.07) is 7.79. The highest BCUT2D eigenvalue weighted by Crippen LogP contribution is 2.45. The second-order valence-corrected chi connectivity index (χ2v) is 13.5. The van der Waals surface area contributed by atoms with Crippen LogP contribution in [0.4, 0.5) is 0 Å². The van der Waals surface area contributed by atoms with E-state index in [-0.39, 0.29) is 24.8 Å². The van der Waals surface area contributed by atoms with Gasteiger partial charge in [0.2, 0.25) is 0 Å². The molecule has 0 fully saturated rings. The summed E-state index contributed by atoms with van der Waals surface area (Å²) in [5.41, 5.74) is 5.58. The highest BCUT2D eigenvalue weighted by molar-refractivity contribution is 7.10. The quantitative estimate of drug-likeness (QED) is 0.244. The van der Waals surface area contributed by atoms with Crippen molar-refractivity contribution in [3.63, 3.8) is 0 Å². The number of hydrogen-bond donors (Lipinski definition) is 2. The molecule has 0 amide bonds. The van der Waals surface area contributed by atoms with E-state index in [0.717, 1.165) is 58.2 Å². The molecule has 2 N–H and O–H groups in total. The molecular weight excluding hydrogens is 597 g/mol. The summed E-state index contributed by atoms with van der Waals surface area (Å²) in [4.78, 5) is 54.6. The topological polar surface area (TPSA) is 111 Å². The molecule has 0 radical (unpaired) electrons. The van der Waals surface area contributed by atoms with Crippen molar-refractivity contribution in [3.05, 3.63) is 89.9 Å². The lowest BCUT2D eigenvalue weighted by atomic mass is 9.78. The molecule has 2 aromatic rings. The number of nitrogens with one attached hydrogen (secondary N) is 2. The van der Waals surface area contributed by atoms with Gasteiger partial charge < -0.3 is 20.1 Å². The Bertz CT molecular complexity index is 1490. The molecule has 10 heteroatoms. The maximum absolute atomic E-state index is 13.4. The molecule has 2 aliphatic heterocycles. The predicted octanol–water partition coefficient (Wildman–Crippen LogP) is 6.31. The number of unbranched alkanes of at least 4 members (excludes halogenated alkanes) is 1. The third-order valence-corrected chi connectivity index (χ3v) is 10.5.